The number of ether oxygens (including phenoxy) is 2. The van der Waals surface area contributed by atoms with E-state index in [-0.39, 0.29) is 6.42 Å². The molecule has 5 rings (SSSR count). The molecule has 0 aliphatic heterocycles. The Morgan fingerprint density at radius 2 is 1.41 bits per heavy atom. The molecule has 46 heavy (non-hydrogen) atoms. The molecular formula is C38H40N2O6. The zero-order valence-corrected chi connectivity index (χ0v) is 26.6. The summed E-state index contributed by atoms with van der Waals surface area (Å²) in [6, 6.07) is 29.7. The minimum Gasteiger partial charge on any atom is -0.493 e. The highest BCUT2D eigenvalue weighted by Gasteiger charge is 2.56. The number of Topliss-reactive ketones (excluding diaryl/α,β-unsaturated/α-hetero) is 1. The van der Waals surface area contributed by atoms with Crippen LogP contribution in [-0.4, -0.2) is 42.0 Å². The van der Waals surface area contributed by atoms with Crippen molar-refractivity contribution in [3.8, 4) is 11.5 Å². The van der Waals surface area contributed by atoms with Gasteiger partial charge in [-0.2, -0.15) is 0 Å². The molecule has 0 saturated heterocycles. The van der Waals surface area contributed by atoms with Crippen LogP contribution in [0.3, 0.4) is 0 Å². The first-order valence-corrected chi connectivity index (χ1v) is 15.4. The number of hydrogen-bond donors (Lipinski definition) is 3. The van der Waals surface area contributed by atoms with Crippen LogP contribution in [0.5, 0.6) is 11.5 Å². The normalized spacial score (nSPS) is 20.9. The van der Waals surface area contributed by atoms with E-state index < -0.39 is 41.0 Å². The Morgan fingerprint density at radius 1 is 0.826 bits per heavy atom. The van der Waals surface area contributed by atoms with E-state index in [4.69, 9.17) is 9.47 Å². The van der Waals surface area contributed by atoms with Gasteiger partial charge in [-0.3, -0.25) is 14.4 Å². The third kappa shape index (κ3) is 7.13. The predicted molar refractivity (Wildman–Crippen MR) is 178 cm³/mol. The fraction of sp³-hybridized carbons (Fsp3) is 0.289. The van der Waals surface area contributed by atoms with Crippen LogP contribution < -0.4 is 20.1 Å². The van der Waals surface area contributed by atoms with Gasteiger partial charge in [0.05, 0.1) is 25.2 Å². The molecule has 8 nitrogen and oxygen atoms in total. The molecule has 1 saturated carbocycles. The first-order chi connectivity index (χ1) is 22.1. The summed E-state index contributed by atoms with van der Waals surface area (Å²) in [5, 5.41) is 17.6. The standard InChI is InChI=1S/C38H40N2O6/c1-24-12-8-10-16-28(24)39-36(42)34-30(41)23-38(3,44)35(37(43)40-29-17-11-9-13-25(29)2)33(34)27-18-19-31(32(22-27)45-4)46-21-20-26-14-6-5-7-15-26/h5-19,22,33-35,44H,20-21,23H2,1-4H3,(H,39,42)(H,40,43). The second kappa shape index (κ2) is 14.0. The van der Waals surface area contributed by atoms with Gasteiger partial charge in [-0.15, -0.1) is 0 Å². The summed E-state index contributed by atoms with van der Waals surface area (Å²) < 4.78 is 11.8. The van der Waals surface area contributed by atoms with Crippen LogP contribution in [0.2, 0.25) is 0 Å². The van der Waals surface area contributed by atoms with Crippen LogP contribution in [0.4, 0.5) is 11.4 Å². The smallest absolute Gasteiger partial charge is 0.235 e. The molecule has 0 bridgehead atoms. The molecule has 0 heterocycles. The second-order valence-corrected chi connectivity index (χ2v) is 12.1. The fourth-order valence-corrected chi connectivity index (χ4v) is 6.27. The molecule has 4 aromatic rings. The highest BCUT2D eigenvalue weighted by molar-refractivity contribution is 6.10. The van der Waals surface area contributed by atoms with Gasteiger partial charge < -0.3 is 25.2 Å². The molecule has 1 fully saturated rings. The molecule has 4 aromatic carbocycles. The maximum atomic E-state index is 14.1. The van der Waals surface area contributed by atoms with Gasteiger partial charge in [0.2, 0.25) is 11.8 Å². The summed E-state index contributed by atoms with van der Waals surface area (Å²) in [6.07, 6.45) is 0.326. The van der Waals surface area contributed by atoms with Crippen molar-refractivity contribution in [2.75, 3.05) is 24.4 Å². The lowest BCUT2D eigenvalue weighted by molar-refractivity contribution is -0.150. The molecule has 1 aliphatic rings. The monoisotopic (exact) mass is 620 g/mol. The second-order valence-electron chi connectivity index (χ2n) is 12.1. The van der Waals surface area contributed by atoms with Crippen molar-refractivity contribution in [3.05, 3.63) is 119 Å². The first kappa shape index (κ1) is 32.4. The Morgan fingerprint density at radius 3 is 2.02 bits per heavy atom. The van der Waals surface area contributed by atoms with Gasteiger partial charge in [-0.1, -0.05) is 72.8 Å². The maximum absolute atomic E-state index is 14.1. The lowest BCUT2D eigenvalue weighted by Crippen LogP contribution is -2.56. The van der Waals surface area contributed by atoms with Crippen LogP contribution >= 0.6 is 0 Å². The molecule has 4 atom stereocenters. The largest absolute Gasteiger partial charge is 0.493 e. The van der Waals surface area contributed by atoms with Crippen molar-refractivity contribution in [2.24, 2.45) is 11.8 Å². The molecule has 238 valence electrons. The Labute approximate surface area is 269 Å². The summed E-state index contributed by atoms with van der Waals surface area (Å²) in [5.74, 6) is -4.06. The molecule has 8 heteroatoms. The molecule has 3 N–H and O–H groups in total. The summed E-state index contributed by atoms with van der Waals surface area (Å²) in [4.78, 5) is 41.9. The van der Waals surface area contributed by atoms with E-state index in [9.17, 15) is 19.5 Å². The number of aryl methyl sites for hydroxylation is 2. The number of benzene rings is 4. The Kier molecular flexibility index (Phi) is 9.87. The average Bonchev–Trinajstić information content (AvgIpc) is 3.03. The zero-order valence-electron chi connectivity index (χ0n) is 26.6. The molecule has 0 spiro atoms. The van der Waals surface area contributed by atoms with Crippen LogP contribution in [-0.2, 0) is 20.8 Å². The number of hydrogen-bond acceptors (Lipinski definition) is 6. The number of aliphatic hydroxyl groups is 1. The van der Waals surface area contributed by atoms with Crippen molar-refractivity contribution < 1.29 is 29.0 Å². The highest BCUT2D eigenvalue weighted by Crippen LogP contribution is 2.48. The third-order valence-corrected chi connectivity index (χ3v) is 8.70. The summed E-state index contributed by atoms with van der Waals surface area (Å²) in [5.41, 5.74) is 2.70. The van der Waals surface area contributed by atoms with Crippen LogP contribution in [0.1, 0.15) is 41.5 Å². The lowest BCUT2D eigenvalue weighted by atomic mass is 9.61. The van der Waals surface area contributed by atoms with Crippen molar-refractivity contribution >= 4 is 29.0 Å². The molecule has 1 aliphatic carbocycles. The fourth-order valence-electron chi connectivity index (χ4n) is 6.27. The van der Waals surface area contributed by atoms with E-state index in [2.05, 4.69) is 10.6 Å². The molecule has 2 amide bonds. The molecular weight excluding hydrogens is 580 g/mol. The van der Waals surface area contributed by atoms with Crippen LogP contribution in [0, 0.1) is 25.7 Å². The molecule has 0 aromatic heterocycles. The zero-order chi connectivity index (χ0) is 32.8. The number of anilines is 2. The minimum absolute atomic E-state index is 0.362. The van der Waals surface area contributed by atoms with E-state index in [1.165, 1.54) is 14.0 Å². The van der Waals surface area contributed by atoms with Gasteiger partial charge in [0.15, 0.2) is 11.5 Å². The van der Waals surface area contributed by atoms with Gasteiger partial charge in [0.25, 0.3) is 0 Å². The van der Waals surface area contributed by atoms with E-state index in [1.54, 1.807) is 36.4 Å². The molecule has 0 radical (unpaired) electrons. The number of amides is 2. The topological polar surface area (TPSA) is 114 Å². The number of ketones is 1. The van der Waals surface area contributed by atoms with Crippen molar-refractivity contribution in [3.63, 3.8) is 0 Å². The number of rotatable bonds is 10. The summed E-state index contributed by atoms with van der Waals surface area (Å²) in [7, 11) is 1.51. The van der Waals surface area contributed by atoms with Crippen molar-refractivity contribution in [2.45, 2.75) is 45.1 Å². The number of para-hydroxylation sites is 2. The quantitative estimate of drug-likeness (QED) is 0.181. The van der Waals surface area contributed by atoms with Crippen LogP contribution in [0.15, 0.2) is 97.1 Å². The summed E-state index contributed by atoms with van der Waals surface area (Å²) >= 11 is 0. The maximum Gasteiger partial charge on any atom is 0.235 e. The van der Waals surface area contributed by atoms with Crippen LogP contribution in [0.25, 0.3) is 0 Å². The van der Waals surface area contributed by atoms with E-state index >= 15 is 0 Å². The SMILES string of the molecule is COc1cc(C2C(C(=O)Nc3ccccc3C)C(=O)CC(C)(O)C2C(=O)Nc2ccccc2C)ccc1OCCc1ccccc1. The Balaban J connectivity index is 1.53. The predicted octanol–water partition coefficient (Wildman–Crippen LogP) is 6.25. The van der Waals surface area contributed by atoms with Gasteiger partial charge in [0.1, 0.15) is 11.7 Å². The lowest BCUT2D eigenvalue weighted by Gasteiger charge is -2.44. The summed E-state index contributed by atoms with van der Waals surface area (Å²) in [6.45, 7) is 5.61. The van der Waals surface area contributed by atoms with Gasteiger partial charge in [-0.05, 0) is 67.3 Å². The number of carbonyl (C=O) groups excluding carboxylic acids is 3. The minimum atomic E-state index is -1.74. The van der Waals surface area contributed by atoms with E-state index in [0.29, 0.717) is 41.5 Å². The Hall–Kier alpha value is -4.95. The third-order valence-electron chi connectivity index (χ3n) is 8.70. The van der Waals surface area contributed by atoms with Gasteiger partial charge >= 0.3 is 0 Å². The van der Waals surface area contributed by atoms with Gasteiger partial charge in [-0.25, -0.2) is 0 Å². The highest BCUT2D eigenvalue weighted by atomic mass is 16.5. The Bertz CT molecular complexity index is 1720. The van der Waals surface area contributed by atoms with Crippen molar-refractivity contribution in [1.29, 1.82) is 0 Å². The van der Waals surface area contributed by atoms with E-state index in [0.717, 1.165) is 16.7 Å². The van der Waals surface area contributed by atoms with Gasteiger partial charge in [0, 0.05) is 30.1 Å². The average molecular weight is 621 g/mol. The number of carbonyl (C=O) groups is 3. The first-order valence-electron chi connectivity index (χ1n) is 15.4. The van der Waals surface area contributed by atoms with Crippen molar-refractivity contribution in [1.82, 2.24) is 0 Å². The van der Waals surface area contributed by atoms with E-state index in [1.807, 2.05) is 74.5 Å². The number of methoxy groups -OCH3 is 1. The number of nitrogens with one attached hydrogen (secondary N) is 2. The molecule has 4 unspecified atom stereocenters.